The van der Waals surface area contributed by atoms with E-state index in [9.17, 15) is 0 Å². The Hall–Kier alpha value is -0.990. The molecule has 3 nitrogen and oxygen atoms in total. The summed E-state index contributed by atoms with van der Waals surface area (Å²) in [5, 5.41) is 3.24. The van der Waals surface area contributed by atoms with Crippen molar-refractivity contribution in [3.05, 3.63) is 11.9 Å². The Morgan fingerprint density at radius 1 is 1.29 bits per heavy atom. The molecular formula is C11H23N3. The van der Waals surface area contributed by atoms with Gasteiger partial charge in [0.2, 0.25) is 5.95 Å². The highest BCUT2D eigenvalue weighted by atomic mass is 15.2. The molecule has 2 heterocycles. The second-order valence-electron chi connectivity index (χ2n) is 2.66. The number of imidazole rings is 1. The summed E-state index contributed by atoms with van der Waals surface area (Å²) in [4.78, 5) is 4.21. The van der Waals surface area contributed by atoms with Crippen molar-refractivity contribution in [2.75, 3.05) is 11.9 Å². The highest BCUT2D eigenvalue weighted by molar-refractivity contribution is 5.30. The second kappa shape index (κ2) is 7.42. The van der Waals surface area contributed by atoms with E-state index in [-0.39, 0.29) is 0 Å². The van der Waals surface area contributed by atoms with Gasteiger partial charge in [0.05, 0.1) is 6.20 Å². The fraction of sp³-hybridized carbons (Fsp3) is 0.727. The van der Waals surface area contributed by atoms with Gasteiger partial charge in [-0.3, -0.25) is 0 Å². The molecule has 0 bridgehead atoms. The summed E-state index contributed by atoms with van der Waals surface area (Å²) in [6.45, 7) is 12.3. The molecule has 1 aromatic heterocycles. The average molecular weight is 197 g/mol. The van der Waals surface area contributed by atoms with Crippen molar-refractivity contribution in [2.45, 2.75) is 47.6 Å². The maximum Gasteiger partial charge on any atom is 0.202 e. The molecule has 1 aromatic rings. The first-order valence-corrected chi connectivity index (χ1v) is 5.64. The summed E-state index contributed by atoms with van der Waals surface area (Å²) in [5.41, 5.74) is 1.25. The predicted molar refractivity (Wildman–Crippen MR) is 62.8 cm³/mol. The zero-order valence-electron chi connectivity index (χ0n) is 10.1. The van der Waals surface area contributed by atoms with E-state index in [0.29, 0.717) is 0 Å². The summed E-state index contributed by atoms with van der Waals surface area (Å²) in [6, 6.07) is 0. The lowest BCUT2D eigenvalue weighted by Crippen LogP contribution is -2.17. The van der Waals surface area contributed by atoms with Crippen LogP contribution in [0.2, 0.25) is 0 Å². The van der Waals surface area contributed by atoms with Crippen LogP contribution in [-0.4, -0.2) is 16.1 Å². The van der Waals surface area contributed by atoms with Gasteiger partial charge in [0.15, 0.2) is 0 Å². The van der Waals surface area contributed by atoms with Gasteiger partial charge < -0.3 is 9.88 Å². The summed E-state index contributed by atoms with van der Waals surface area (Å²) < 4.78 is 2.21. The normalized spacial score (nSPS) is 12.4. The number of rotatable bonds is 0. The Balaban J connectivity index is 0.000000379. The van der Waals surface area contributed by atoms with Gasteiger partial charge in [-0.15, -0.1) is 0 Å². The van der Waals surface area contributed by atoms with E-state index in [4.69, 9.17) is 0 Å². The van der Waals surface area contributed by atoms with Crippen LogP contribution < -0.4 is 5.32 Å². The summed E-state index contributed by atoms with van der Waals surface area (Å²) >= 11 is 0. The number of nitrogens with zero attached hydrogens (tertiary/aromatic N) is 2. The lowest BCUT2D eigenvalue weighted by atomic mass is 10.3. The van der Waals surface area contributed by atoms with Gasteiger partial charge in [0.25, 0.3) is 0 Å². The first-order chi connectivity index (χ1) is 6.88. The molecule has 0 fully saturated rings. The summed E-state index contributed by atoms with van der Waals surface area (Å²) in [5.74, 6) is 1.03. The Kier molecular flexibility index (Phi) is 6.89. The Morgan fingerprint density at radius 3 is 2.50 bits per heavy atom. The van der Waals surface area contributed by atoms with Crippen molar-refractivity contribution < 1.29 is 0 Å². The minimum Gasteiger partial charge on any atom is -0.356 e. The van der Waals surface area contributed by atoms with Gasteiger partial charge >= 0.3 is 0 Å². The van der Waals surface area contributed by atoms with Gasteiger partial charge in [0, 0.05) is 18.8 Å². The molecule has 14 heavy (non-hydrogen) atoms. The lowest BCUT2D eigenvalue weighted by Gasteiger charge is -2.16. The van der Waals surface area contributed by atoms with Crippen LogP contribution in [0.15, 0.2) is 6.20 Å². The number of aryl methyl sites for hydroxylation is 1. The van der Waals surface area contributed by atoms with Crippen LogP contribution in [0.3, 0.4) is 0 Å². The first kappa shape index (κ1) is 13.0. The van der Waals surface area contributed by atoms with E-state index in [1.807, 2.05) is 33.9 Å². The van der Waals surface area contributed by atoms with Crippen LogP contribution in [0, 0.1) is 6.92 Å². The molecule has 0 unspecified atom stereocenters. The third-order valence-electron chi connectivity index (χ3n) is 1.90. The number of fused-ring (bicyclic) bond motifs is 1. The fourth-order valence-electron chi connectivity index (χ4n) is 1.32. The van der Waals surface area contributed by atoms with Crippen LogP contribution in [0.1, 0.15) is 39.8 Å². The molecule has 0 radical (unpaired) electrons. The van der Waals surface area contributed by atoms with Crippen molar-refractivity contribution in [3.63, 3.8) is 0 Å². The lowest BCUT2D eigenvalue weighted by molar-refractivity contribution is 0.615. The van der Waals surface area contributed by atoms with Crippen molar-refractivity contribution in [2.24, 2.45) is 0 Å². The van der Waals surface area contributed by atoms with Gasteiger partial charge in [0.1, 0.15) is 0 Å². The standard InChI is InChI=1S/C7H11N3.2C2H6/c1-6-5-9-7-8-3-2-4-10(6)7;2*1-2/h5H,2-4H2,1H3,(H,8,9);2*1-2H3. The molecule has 0 saturated heterocycles. The third kappa shape index (κ3) is 3.05. The minimum atomic E-state index is 1.03. The molecule has 2 rings (SSSR count). The molecule has 1 aliphatic rings. The predicted octanol–water partition coefficient (Wildman–Crippen LogP) is 3.06. The van der Waals surface area contributed by atoms with Crippen molar-refractivity contribution in [1.29, 1.82) is 0 Å². The van der Waals surface area contributed by atoms with Gasteiger partial charge in [-0.1, -0.05) is 27.7 Å². The third-order valence-corrected chi connectivity index (χ3v) is 1.90. The minimum absolute atomic E-state index is 1.03. The molecule has 0 saturated carbocycles. The van der Waals surface area contributed by atoms with Crippen molar-refractivity contribution >= 4 is 5.95 Å². The van der Waals surface area contributed by atoms with Crippen molar-refractivity contribution in [1.82, 2.24) is 9.55 Å². The van der Waals surface area contributed by atoms with Gasteiger partial charge in [-0.25, -0.2) is 4.98 Å². The topological polar surface area (TPSA) is 29.9 Å². The molecule has 82 valence electrons. The molecular weight excluding hydrogens is 174 g/mol. The molecule has 1 N–H and O–H groups in total. The van der Waals surface area contributed by atoms with E-state index >= 15 is 0 Å². The molecule has 0 amide bonds. The van der Waals surface area contributed by atoms with Gasteiger partial charge in [-0.2, -0.15) is 0 Å². The average Bonchev–Trinajstić information content (AvgIpc) is 2.67. The number of nitrogens with one attached hydrogen (secondary N) is 1. The molecule has 1 aliphatic heterocycles. The first-order valence-electron chi connectivity index (χ1n) is 5.64. The zero-order chi connectivity index (χ0) is 11.0. The quantitative estimate of drug-likeness (QED) is 0.692. The maximum absolute atomic E-state index is 4.21. The molecule has 0 aromatic carbocycles. The zero-order valence-corrected chi connectivity index (χ0v) is 10.1. The highest BCUT2D eigenvalue weighted by Crippen LogP contribution is 2.13. The fourth-order valence-corrected chi connectivity index (χ4v) is 1.32. The Bertz CT molecular complexity index is 241. The number of anilines is 1. The number of hydrogen-bond acceptors (Lipinski definition) is 2. The number of aromatic nitrogens is 2. The molecule has 0 atom stereocenters. The summed E-state index contributed by atoms with van der Waals surface area (Å²) in [6.07, 6.45) is 3.12. The van der Waals surface area contributed by atoms with E-state index in [0.717, 1.165) is 19.0 Å². The second-order valence-corrected chi connectivity index (χ2v) is 2.66. The van der Waals surface area contributed by atoms with E-state index in [1.54, 1.807) is 0 Å². The monoisotopic (exact) mass is 197 g/mol. The Morgan fingerprint density at radius 2 is 1.93 bits per heavy atom. The summed E-state index contributed by atoms with van der Waals surface area (Å²) in [7, 11) is 0. The van der Waals surface area contributed by atoms with Gasteiger partial charge in [-0.05, 0) is 13.3 Å². The van der Waals surface area contributed by atoms with Crippen molar-refractivity contribution in [3.8, 4) is 0 Å². The molecule has 0 aliphatic carbocycles. The molecule has 3 heteroatoms. The number of hydrogen-bond donors (Lipinski definition) is 1. The maximum atomic E-state index is 4.21. The van der Waals surface area contributed by atoms with Crippen LogP contribution in [-0.2, 0) is 6.54 Å². The van der Waals surface area contributed by atoms with Crippen LogP contribution in [0.5, 0.6) is 0 Å². The van der Waals surface area contributed by atoms with E-state index < -0.39 is 0 Å². The largest absolute Gasteiger partial charge is 0.356 e. The van der Waals surface area contributed by atoms with Crippen LogP contribution in [0.25, 0.3) is 0 Å². The smallest absolute Gasteiger partial charge is 0.202 e. The van der Waals surface area contributed by atoms with Crippen LogP contribution >= 0.6 is 0 Å². The molecule has 0 spiro atoms. The SMILES string of the molecule is CC.CC.Cc1cnc2n1CCCN2. The van der Waals surface area contributed by atoms with E-state index in [1.165, 1.54) is 12.1 Å². The van der Waals surface area contributed by atoms with E-state index in [2.05, 4.69) is 21.8 Å². The van der Waals surface area contributed by atoms with Crippen LogP contribution in [0.4, 0.5) is 5.95 Å². The highest BCUT2D eigenvalue weighted by Gasteiger charge is 2.09. The Labute approximate surface area is 87.5 Å².